The van der Waals surface area contributed by atoms with Crippen molar-refractivity contribution in [1.82, 2.24) is 10.2 Å². The first-order valence-electron chi connectivity index (χ1n) is 12.4. The van der Waals surface area contributed by atoms with Crippen molar-refractivity contribution in [2.75, 3.05) is 13.1 Å². The van der Waals surface area contributed by atoms with Crippen LogP contribution in [0.5, 0.6) is 0 Å². The van der Waals surface area contributed by atoms with Crippen LogP contribution in [0.25, 0.3) is 0 Å². The molecule has 9 nitrogen and oxygen atoms in total. The van der Waals surface area contributed by atoms with Crippen molar-refractivity contribution in [2.45, 2.75) is 65.3 Å². The number of carbonyl (C=O) groups is 3. The third kappa shape index (κ3) is 9.60. The molecule has 202 valence electrons. The Hall–Kier alpha value is -3.27. The summed E-state index contributed by atoms with van der Waals surface area (Å²) < 4.78 is 0. The minimum absolute atomic E-state index is 0.396. The molecule has 2 aliphatic heterocycles. The van der Waals surface area contributed by atoms with Crippen molar-refractivity contribution in [3.8, 4) is 0 Å². The summed E-state index contributed by atoms with van der Waals surface area (Å²) >= 11 is 0. The molecule has 4 rings (SSSR count). The van der Waals surface area contributed by atoms with Crippen LogP contribution >= 0.6 is 0 Å². The summed E-state index contributed by atoms with van der Waals surface area (Å²) in [6, 6.07) is 16.7. The van der Waals surface area contributed by atoms with Crippen LogP contribution in [-0.4, -0.2) is 62.4 Å². The Kier molecular flexibility index (Phi) is 11.7. The van der Waals surface area contributed by atoms with Crippen LogP contribution in [0.3, 0.4) is 0 Å². The van der Waals surface area contributed by atoms with Gasteiger partial charge in [0.05, 0.1) is 6.10 Å². The van der Waals surface area contributed by atoms with Crippen molar-refractivity contribution < 1.29 is 34.8 Å². The van der Waals surface area contributed by atoms with E-state index in [1.54, 1.807) is 0 Å². The van der Waals surface area contributed by atoms with Crippen molar-refractivity contribution in [3.63, 3.8) is 0 Å². The number of aliphatic hydroxyl groups is 1. The van der Waals surface area contributed by atoms with E-state index in [1.807, 2.05) is 18.2 Å². The first-order chi connectivity index (χ1) is 17.5. The quantitative estimate of drug-likeness (QED) is 0.376. The Labute approximate surface area is 217 Å². The number of aryl methyl sites for hydroxylation is 1. The topological polar surface area (TPSA) is 147 Å². The van der Waals surface area contributed by atoms with Gasteiger partial charge in [0.15, 0.2) is 0 Å². The van der Waals surface area contributed by atoms with E-state index in [4.69, 9.17) is 19.8 Å². The Morgan fingerprint density at radius 2 is 1.57 bits per heavy atom. The molecule has 9 heteroatoms. The van der Waals surface area contributed by atoms with Gasteiger partial charge in [0, 0.05) is 46.6 Å². The van der Waals surface area contributed by atoms with Crippen LogP contribution in [0.15, 0.2) is 48.5 Å². The number of hydrogen-bond acceptors (Lipinski definition) is 6. The van der Waals surface area contributed by atoms with Crippen molar-refractivity contribution in [1.29, 1.82) is 0 Å². The number of aliphatic hydroxyl groups excluding tert-OH is 1. The van der Waals surface area contributed by atoms with Crippen molar-refractivity contribution in [3.05, 3.63) is 70.8 Å². The molecule has 0 radical (unpaired) electrons. The summed E-state index contributed by atoms with van der Waals surface area (Å²) in [4.78, 5) is 32.5. The Balaban J connectivity index is 0.000000530. The van der Waals surface area contributed by atoms with Crippen LogP contribution in [0, 0.1) is 5.41 Å². The van der Waals surface area contributed by atoms with E-state index in [9.17, 15) is 15.0 Å². The van der Waals surface area contributed by atoms with E-state index in [0.717, 1.165) is 52.9 Å². The van der Waals surface area contributed by atoms with Gasteiger partial charge < -0.3 is 25.7 Å². The van der Waals surface area contributed by atoms with Gasteiger partial charge in [-0.3, -0.25) is 19.3 Å². The molecule has 0 aromatic heterocycles. The maximum absolute atomic E-state index is 12.3. The average molecular weight is 515 g/mol. The predicted molar refractivity (Wildman–Crippen MR) is 139 cm³/mol. The van der Waals surface area contributed by atoms with E-state index in [0.29, 0.717) is 19.4 Å². The monoisotopic (exact) mass is 514 g/mol. The number of likely N-dealkylation sites (tertiary alicyclic amines) is 1. The molecular weight excluding hydrogens is 476 g/mol. The summed E-state index contributed by atoms with van der Waals surface area (Å²) in [5, 5.41) is 39.0. The second kappa shape index (κ2) is 14.5. The Morgan fingerprint density at radius 3 is 2.19 bits per heavy atom. The van der Waals surface area contributed by atoms with Crippen LogP contribution < -0.4 is 5.32 Å². The van der Waals surface area contributed by atoms with Crippen LogP contribution in [0.4, 0.5) is 0 Å². The molecule has 0 unspecified atom stereocenters. The molecule has 1 fully saturated rings. The fourth-order valence-electron chi connectivity index (χ4n) is 4.82. The summed E-state index contributed by atoms with van der Waals surface area (Å²) in [6.45, 7) is 5.85. The van der Waals surface area contributed by atoms with Gasteiger partial charge in [-0.05, 0) is 47.9 Å². The first-order valence-corrected chi connectivity index (χ1v) is 12.4. The Bertz CT molecular complexity index is 1020. The highest BCUT2D eigenvalue weighted by molar-refractivity contribution is 5.76. The van der Waals surface area contributed by atoms with Gasteiger partial charge in [0.25, 0.3) is 11.9 Å². The third-order valence-electron chi connectivity index (χ3n) is 6.53. The molecule has 37 heavy (non-hydrogen) atoms. The summed E-state index contributed by atoms with van der Waals surface area (Å²) in [5.74, 6) is -2.54. The van der Waals surface area contributed by atoms with E-state index in [2.05, 4.69) is 40.5 Å². The number of nitrogens with zero attached hydrogens (tertiary/aromatic N) is 1. The minimum Gasteiger partial charge on any atom is -0.481 e. The maximum Gasteiger partial charge on any atom is 0.313 e. The predicted octanol–water partition coefficient (Wildman–Crippen LogP) is 3.13. The second-order valence-electron chi connectivity index (χ2n) is 9.56. The van der Waals surface area contributed by atoms with Gasteiger partial charge in [-0.2, -0.15) is 0 Å². The molecule has 2 aromatic rings. The zero-order valence-electron chi connectivity index (χ0n) is 21.5. The summed E-state index contributed by atoms with van der Waals surface area (Å²) in [6.07, 6.45) is 1.79. The normalized spacial score (nSPS) is 20.5. The smallest absolute Gasteiger partial charge is 0.313 e. The molecule has 5 N–H and O–H groups in total. The maximum atomic E-state index is 12.3. The lowest BCUT2D eigenvalue weighted by Gasteiger charge is -2.43. The zero-order valence-corrected chi connectivity index (χ0v) is 21.5. The lowest BCUT2D eigenvalue weighted by molar-refractivity contribution is -0.164. The molecule has 0 amide bonds. The number of fused-ring (bicyclic) bond motifs is 1. The number of piperidine rings is 1. The largest absolute Gasteiger partial charge is 0.481 e. The number of carboxylic acids is 3. The van der Waals surface area contributed by atoms with Crippen molar-refractivity contribution >= 4 is 17.9 Å². The number of nitrogens with one attached hydrogen (secondary N) is 1. The van der Waals surface area contributed by atoms with Crippen molar-refractivity contribution in [2.24, 2.45) is 5.41 Å². The number of carboxylic acid groups (broad SMARTS) is 3. The van der Waals surface area contributed by atoms with E-state index < -0.39 is 29.4 Å². The molecule has 0 aliphatic carbocycles. The third-order valence-corrected chi connectivity index (χ3v) is 6.53. The molecule has 0 saturated carbocycles. The van der Waals surface area contributed by atoms with Gasteiger partial charge in [0.2, 0.25) is 0 Å². The second-order valence-corrected chi connectivity index (χ2v) is 9.56. The number of hydrogen-bond donors (Lipinski definition) is 5. The van der Waals surface area contributed by atoms with Crippen LogP contribution in [-0.2, 0) is 40.4 Å². The van der Waals surface area contributed by atoms with E-state index in [-0.39, 0.29) is 0 Å². The van der Waals surface area contributed by atoms with E-state index >= 15 is 0 Å². The summed E-state index contributed by atoms with van der Waals surface area (Å²) in [7, 11) is 0. The van der Waals surface area contributed by atoms with Gasteiger partial charge >= 0.3 is 5.97 Å². The van der Waals surface area contributed by atoms with Gasteiger partial charge in [-0.25, -0.2) is 0 Å². The molecule has 2 aliphatic rings. The molecule has 2 atom stereocenters. The molecule has 1 saturated heterocycles. The zero-order chi connectivity index (χ0) is 27.4. The molecule has 2 heterocycles. The fourth-order valence-corrected chi connectivity index (χ4v) is 4.82. The lowest BCUT2D eigenvalue weighted by Crippen LogP contribution is -2.55. The van der Waals surface area contributed by atoms with Gasteiger partial charge in [0.1, 0.15) is 5.41 Å². The number of aliphatic carboxylic acids is 3. The lowest BCUT2D eigenvalue weighted by atomic mass is 9.73. The van der Waals surface area contributed by atoms with Crippen LogP contribution in [0.2, 0.25) is 0 Å². The van der Waals surface area contributed by atoms with Gasteiger partial charge in [-0.15, -0.1) is 0 Å². The number of rotatable bonds is 7. The SMILES string of the molecule is CC(=O)O.CC(=O)O.O=C(O)[C@]1(CCCc2ccccc2)CN(Cc2ccc3c(c2)CNC3)CC[C@H]1O. The fraction of sp³-hybridized carbons (Fsp3) is 0.464. The highest BCUT2D eigenvalue weighted by atomic mass is 16.4. The van der Waals surface area contributed by atoms with Gasteiger partial charge in [-0.1, -0.05) is 48.5 Å². The minimum atomic E-state index is -1.09. The highest BCUT2D eigenvalue weighted by Gasteiger charge is 2.48. The molecular formula is C28H38N2O7. The molecule has 0 bridgehead atoms. The Morgan fingerprint density at radius 1 is 0.946 bits per heavy atom. The van der Waals surface area contributed by atoms with E-state index in [1.165, 1.54) is 22.3 Å². The number of benzene rings is 2. The highest BCUT2D eigenvalue weighted by Crippen LogP contribution is 2.36. The molecule has 0 spiro atoms. The standard InChI is InChI=1S/C24H30N2O3.2C2H4O2/c27-22-10-12-26(16-19-8-9-20-14-25-15-21(20)13-19)17-24(22,23(28)29)11-4-7-18-5-2-1-3-6-18;2*1-2(3)4/h1-3,5-6,8-9,13,22,25,27H,4,7,10-12,14-17H2,(H,28,29);2*1H3,(H,3,4)/t22-,24-;;/m1../s1. The summed E-state index contributed by atoms with van der Waals surface area (Å²) in [5.41, 5.74) is 4.02. The average Bonchev–Trinajstić information content (AvgIpc) is 3.29. The van der Waals surface area contributed by atoms with Crippen LogP contribution in [0.1, 0.15) is 55.4 Å². The first kappa shape index (κ1) is 30.0. The molecule has 2 aromatic carbocycles.